The Labute approximate surface area is 197 Å². The van der Waals surface area contributed by atoms with Crippen LogP contribution in [0.1, 0.15) is 28.5 Å². The summed E-state index contributed by atoms with van der Waals surface area (Å²) in [5.74, 6) is -0.529. The number of hydrogen-bond acceptors (Lipinski definition) is 8. The van der Waals surface area contributed by atoms with E-state index in [-0.39, 0.29) is 53.3 Å². The van der Waals surface area contributed by atoms with Gasteiger partial charge in [0.2, 0.25) is 5.60 Å². The van der Waals surface area contributed by atoms with E-state index in [0.717, 1.165) is 6.07 Å². The Morgan fingerprint density at radius 1 is 1.35 bits per heavy atom. The van der Waals surface area contributed by atoms with E-state index in [4.69, 9.17) is 36.7 Å². The maximum Gasteiger partial charge on any atom is 0.424 e. The first-order valence-electron chi connectivity index (χ1n) is 9.96. The van der Waals surface area contributed by atoms with Crippen molar-refractivity contribution in [1.29, 1.82) is 0 Å². The number of benzene rings is 1. The molecule has 2 heterocycles. The fourth-order valence-electron chi connectivity index (χ4n) is 3.31. The molecule has 1 amide bonds. The van der Waals surface area contributed by atoms with Crippen LogP contribution in [0.4, 0.5) is 13.2 Å². The maximum absolute atomic E-state index is 14.0. The number of methoxy groups -OCH3 is 1. The highest BCUT2D eigenvalue weighted by molar-refractivity contribution is 6.31. The lowest BCUT2D eigenvalue weighted by atomic mass is 9.91. The molecule has 1 aromatic heterocycles. The number of fused-ring (bicyclic) bond motifs is 1. The molecule has 1 aliphatic rings. The molecule has 13 heteroatoms. The molecule has 0 spiro atoms. The smallest absolute Gasteiger partial charge is 0.424 e. The van der Waals surface area contributed by atoms with Gasteiger partial charge in [0.05, 0.1) is 31.5 Å². The highest BCUT2D eigenvalue weighted by Gasteiger charge is 2.57. The minimum Gasteiger partial charge on any atom is -0.493 e. The summed E-state index contributed by atoms with van der Waals surface area (Å²) in [6.07, 6.45) is -5.23. The monoisotopic (exact) mass is 505 g/mol. The fraction of sp³-hybridized carbons (Fsp3) is 0.429. The first kappa shape index (κ1) is 25.8. The Morgan fingerprint density at radius 3 is 2.68 bits per heavy atom. The Morgan fingerprint density at radius 2 is 2.06 bits per heavy atom. The molecule has 5 N–H and O–H groups in total. The number of pyridine rings is 1. The molecular weight excluding hydrogens is 483 g/mol. The van der Waals surface area contributed by atoms with Crippen LogP contribution in [0.3, 0.4) is 0 Å². The lowest BCUT2D eigenvalue weighted by Crippen LogP contribution is -2.51. The van der Waals surface area contributed by atoms with E-state index in [9.17, 15) is 23.1 Å². The SMILES string of the molecule is COc1cc(C(=O)NCC(O)(c2cc3c(c(Cl)n2)OCC3(C)N)C(F)(F)F)ccc1OCCO. The van der Waals surface area contributed by atoms with Crippen molar-refractivity contribution in [2.75, 3.05) is 33.5 Å². The molecule has 3 rings (SSSR count). The van der Waals surface area contributed by atoms with Gasteiger partial charge in [0.25, 0.3) is 5.91 Å². The van der Waals surface area contributed by atoms with Gasteiger partial charge >= 0.3 is 6.18 Å². The molecule has 1 aromatic carbocycles. The quantitative estimate of drug-likeness (QED) is 0.399. The van der Waals surface area contributed by atoms with Crippen LogP contribution in [0.25, 0.3) is 0 Å². The Kier molecular flexibility index (Phi) is 7.18. The van der Waals surface area contributed by atoms with Gasteiger partial charge in [-0.3, -0.25) is 4.79 Å². The van der Waals surface area contributed by atoms with Gasteiger partial charge in [0.1, 0.15) is 13.2 Å². The molecule has 0 bridgehead atoms. The zero-order chi connectivity index (χ0) is 25.3. The molecule has 186 valence electrons. The molecule has 34 heavy (non-hydrogen) atoms. The maximum atomic E-state index is 14.0. The van der Waals surface area contributed by atoms with Gasteiger partial charge in [-0.05, 0) is 31.2 Å². The van der Waals surface area contributed by atoms with Gasteiger partial charge in [-0.2, -0.15) is 13.2 Å². The number of ether oxygens (including phenoxy) is 3. The molecule has 0 fully saturated rings. The lowest BCUT2D eigenvalue weighted by Gasteiger charge is -2.31. The van der Waals surface area contributed by atoms with Gasteiger partial charge in [-0.25, -0.2) is 4.98 Å². The molecule has 0 saturated carbocycles. The predicted octanol–water partition coefficient (Wildman–Crippen LogP) is 1.86. The molecule has 1 aliphatic heterocycles. The number of nitrogens with zero attached hydrogens (tertiary/aromatic N) is 1. The second-order valence-corrected chi connectivity index (χ2v) is 8.22. The molecule has 0 radical (unpaired) electrons. The number of nitrogens with one attached hydrogen (secondary N) is 1. The van der Waals surface area contributed by atoms with E-state index in [0.29, 0.717) is 0 Å². The average Bonchev–Trinajstić information content (AvgIpc) is 3.09. The summed E-state index contributed by atoms with van der Waals surface area (Å²) in [5, 5.41) is 21.2. The molecule has 9 nitrogen and oxygen atoms in total. The summed E-state index contributed by atoms with van der Waals surface area (Å²) in [6, 6.07) is 4.88. The third-order valence-corrected chi connectivity index (χ3v) is 5.49. The standard InChI is InChI=1S/C21H23ClF3N3O6/c1-19(26)10-34-16-12(19)8-15(28-17(16)22)20(31,21(23,24)25)9-27-18(30)11-3-4-13(33-6-5-29)14(7-11)32-2/h3-4,7-8,29,31H,5-6,9-10,26H2,1-2H3,(H,27,30). The van der Waals surface area contributed by atoms with Crippen LogP contribution < -0.4 is 25.3 Å². The molecule has 2 unspecified atom stereocenters. The van der Waals surface area contributed by atoms with Crippen molar-refractivity contribution in [1.82, 2.24) is 10.3 Å². The van der Waals surface area contributed by atoms with E-state index in [1.165, 1.54) is 32.2 Å². The van der Waals surface area contributed by atoms with Gasteiger partial charge < -0.3 is 35.5 Å². The second-order valence-electron chi connectivity index (χ2n) is 7.86. The fourth-order valence-corrected chi connectivity index (χ4v) is 3.55. The minimum atomic E-state index is -5.23. The number of halogens is 4. The number of aliphatic hydroxyl groups is 2. The van der Waals surface area contributed by atoms with Crippen molar-refractivity contribution in [3.05, 3.63) is 46.2 Å². The predicted molar refractivity (Wildman–Crippen MR) is 114 cm³/mol. The van der Waals surface area contributed by atoms with Gasteiger partial charge in [0, 0.05) is 11.1 Å². The summed E-state index contributed by atoms with van der Waals surface area (Å²) in [7, 11) is 1.31. The van der Waals surface area contributed by atoms with E-state index in [1.807, 2.05) is 0 Å². The Balaban J connectivity index is 1.89. The largest absolute Gasteiger partial charge is 0.493 e. The van der Waals surface area contributed by atoms with Crippen LogP contribution in [0.15, 0.2) is 24.3 Å². The zero-order valence-corrected chi connectivity index (χ0v) is 19.0. The Bertz CT molecular complexity index is 1080. The number of amides is 1. The molecule has 0 saturated heterocycles. The first-order valence-corrected chi connectivity index (χ1v) is 10.3. The highest BCUT2D eigenvalue weighted by Crippen LogP contribution is 2.44. The van der Waals surface area contributed by atoms with Crippen LogP contribution in [0.2, 0.25) is 5.15 Å². The topological polar surface area (TPSA) is 136 Å². The zero-order valence-electron chi connectivity index (χ0n) is 18.2. The van der Waals surface area contributed by atoms with E-state index in [1.54, 1.807) is 0 Å². The van der Waals surface area contributed by atoms with Crippen molar-refractivity contribution in [2.24, 2.45) is 5.73 Å². The number of carbonyl (C=O) groups is 1. The summed E-state index contributed by atoms with van der Waals surface area (Å²) >= 11 is 6.00. The summed E-state index contributed by atoms with van der Waals surface area (Å²) in [5.41, 5.74) is 0.603. The number of hydrogen-bond donors (Lipinski definition) is 4. The third kappa shape index (κ3) is 4.85. The third-order valence-electron chi connectivity index (χ3n) is 5.24. The van der Waals surface area contributed by atoms with Crippen LogP contribution in [0, 0.1) is 0 Å². The second kappa shape index (κ2) is 9.45. The lowest BCUT2D eigenvalue weighted by molar-refractivity contribution is -0.265. The van der Waals surface area contributed by atoms with Crippen LogP contribution in [-0.2, 0) is 11.1 Å². The highest BCUT2D eigenvalue weighted by atomic mass is 35.5. The van der Waals surface area contributed by atoms with Gasteiger partial charge in [-0.15, -0.1) is 0 Å². The normalized spacial score (nSPS) is 19.1. The summed E-state index contributed by atoms with van der Waals surface area (Å²) in [4.78, 5) is 16.3. The van der Waals surface area contributed by atoms with Crippen molar-refractivity contribution in [3.63, 3.8) is 0 Å². The number of carbonyl (C=O) groups excluding carboxylic acids is 1. The van der Waals surface area contributed by atoms with Crippen molar-refractivity contribution in [3.8, 4) is 17.2 Å². The molecule has 2 aromatic rings. The number of nitrogens with two attached hydrogens (primary N) is 1. The van der Waals surface area contributed by atoms with Gasteiger partial charge in [0.15, 0.2) is 22.4 Å². The first-order chi connectivity index (χ1) is 15.8. The van der Waals surface area contributed by atoms with Crippen molar-refractivity contribution in [2.45, 2.75) is 24.2 Å². The van der Waals surface area contributed by atoms with Crippen LogP contribution in [-0.4, -0.2) is 60.8 Å². The van der Waals surface area contributed by atoms with E-state index < -0.39 is 35.5 Å². The van der Waals surface area contributed by atoms with Crippen molar-refractivity contribution >= 4 is 17.5 Å². The molecule has 2 atom stereocenters. The van der Waals surface area contributed by atoms with Gasteiger partial charge in [-0.1, -0.05) is 11.6 Å². The summed E-state index contributed by atoms with van der Waals surface area (Å²) in [6.45, 7) is -0.0328. The van der Waals surface area contributed by atoms with E-state index in [2.05, 4.69) is 10.3 Å². The van der Waals surface area contributed by atoms with Crippen molar-refractivity contribution < 1.29 is 42.4 Å². The number of alkyl halides is 3. The molecule has 0 aliphatic carbocycles. The van der Waals surface area contributed by atoms with Crippen LogP contribution in [0.5, 0.6) is 17.2 Å². The number of aliphatic hydroxyl groups excluding tert-OH is 1. The summed E-state index contributed by atoms with van der Waals surface area (Å²) < 4.78 is 57.7. The number of aromatic nitrogens is 1. The van der Waals surface area contributed by atoms with Crippen LogP contribution >= 0.6 is 11.6 Å². The Hall–Kier alpha value is -2.80. The minimum absolute atomic E-state index is 0.0241. The molecular formula is C21H23ClF3N3O6. The van der Waals surface area contributed by atoms with E-state index >= 15 is 0 Å². The average molecular weight is 506 g/mol. The number of rotatable bonds is 8.